The summed E-state index contributed by atoms with van der Waals surface area (Å²) in [6, 6.07) is 2.22. The lowest BCUT2D eigenvalue weighted by molar-refractivity contribution is -0.126. The number of aryl methyl sites for hydroxylation is 1. The molecule has 1 saturated heterocycles. The van der Waals surface area contributed by atoms with E-state index in [1.807, 2.05) is 21.8 Å². The molecule has 0 spiro atoms. The molecule has 1 atom stereocenters. The van der Waals surface area contributed by atoms with Crippen molar-refractivity contribution in [2.75, 3.05) is 19.6 Å². The number of nitrogens with zero attached hydrogens (tertiary/aromatic N) is 3. The van der Waals surface area contributed by atoms with Gasteiger partial charge in [0, 0.05) is 44.6 Å². The zero-order valence-electron chi connectivity index (χ0n) is 14.8. The number of carbonyl (C=O) groups excluding carboxylic acids is 2. The minimum Gasteiger partial charge on any atom is -0.356 e. The Kier molecular flexibility index (Phi) is 6.30. The quantitative estimate of drug-likeness (QED) is 0.770. The van der Waals surface area contributed by atoms with Gasteiger partial charge in [0.1, 0.15) is 0 Å². The lowest BCUT2D eigenvalue weighted by Crippen LogP contribution is -2.50. The van der Waals surface area contributed by atoms with Crippen molar-refractivity contribution < 1.29 is 9.59 Å². The molecule has 2 aliphatic rings. The molecule has 0 bridgehead atoms. The third kappa shape index (κ3) is 5.21. The normalized spacial score (nSPS) is 21.3. The van der Waals surface area contributed by atoms with Gasteiger partial charge in [-0.3, -0.25) is 9.48 Å². The van der Waals surface area contributed by atoms with Gasteiger partial charge in [-0.05, 0) is 38.2 Å². The summed E-state index contributed by atoms with van der Waals surface area (Å²) in [6.07, 6.45) is 10.9. The first-order chi connectivity index (χ1) is 12.2. The number of amides is 3. The molecule has 3 amide bonds. The smallest absolute Gasteiger partial charge is 0.317 e. The molecule has 1 aromatic rings. The molecule has 1 aromatic heterocycles. The summed E-state index contributed by atoms with van der Waals surface area (Å²) in [5.74, 6) is -0.0217. The summed E-state index contributed by atoms with van der Waals surface area (Å²) in [6.45, 7) is 2.72. The molecule has 138 valence electrons. The minimum atomic E-state index is -0.0900. The van der Waals surface area contributed by atoms with Crippen LogP contribution in [0, 0.1) is 5.92 Å². The van der Waals surface area contributed by atoms with E-state index in [-0.39, 0.29) is 17.9 Å². The first kappa shape index (κ1) is 17.8. The highest BCUT2D eigenvalue weighted by Gasteiger charge is 2.29. The molecular weight excluding hydrogens is 318 g/mol. The second-order valence-electron chi connectivity index (χ2n) is 7.13. The lowest BCUT2D eigenvalue weighted by atomic mass is 9.97. The van der Waals surface area contributed by atoms with Gasteiger partial charge in [-0.15, -0.1) is 0 Å². The summed E-state index contributed by atoms with van der Waals surface area (Å²) >= 11 is 0. The van der Waals surface area contributed by atoms with E-state index in [0.717, 1.165) is 45.2 Å². The monoisotopic (exact) mass is 347 g/mol. The zero-order valence-corrected chi connectivity index (χ0v) is 14.8. The van der Waals surface area contributed by atoms with E-state index in [4.69, 9.17) is 0 Å². The third-order valence-corrected chi connectivity index (χ3v) is 5.18. The van der Waals surface area contributed by atoms with Crippen molar-refractivity contribution in [3.8, 4) is 0 Å². The van der Waals surface area contributed by atoms with Gasteiger partial charge in [0.05, 0.1) is 5.92 Å². The van der Waals surface area contributed by atoms with Crippen LogP contribution in [0.15, 0.2) is 18.5 Å². The van der Waals surface area contributed by atoms with Crippen molar-refractivity contribution in [1.82, 2.24) is 25.3 Å². The number of carbonyl (C=O) groups is 2. The Balaban J connectivity index is 1.37. The fraction of sp³-hybridized carbons (Fsp3) is 0.722. The molecule has 2 fully saturated rings. The molecule has 25 heavy (non-hydrogen) atoms. The maximum Gasteiger partial charge on any atom is 0.317 e. The number of hydrogen-bond acceptors (Lipinski definition) is 3. The number of aromatic nitrogens is 2. The molecule has 2 heterocycles. The Morgan fingerprint density at radius 3 is 2.76 bits per heavy atom. The number of likely N-dealkylation sites (tertiary alicyclic amines) is 1. The zero-order chi connectivity index (χ0) is 17.5. The summed E-state index contributed by atoms with van der Waals surface area (Å²) in [5, 5.41) is 10.3. The fourth-order valence-electron chi connectivity index (χ4n) is 3.74. The van der Waals surface area contributed by atoms with Crippen LogP contribution in [0.1, 0.15) is 44.9 Å². The molecule has 0 radical (unpaired) electrons. The van der Waals surface area contributed by atoms with Crippen molar-refractivity contribution in [3.63, 3.8) is 0 Å². The topological polar surface area (TPSA) is 79.3 Å². The summed E-state index contributed by atoms with van der Waals surface area (Å²) < 4.78 is 1.86. The summed E-state index contributed by atoms with van der Waals surface area (Å²) in [7, 11) is 0. The molecule has 7 nitrogen and oxygen atoms in total. The van der Waals surface area contributed by atoms with Crippen LogP contribution in [0.2, 0.25) is 0 Å². The lowest BCUT2D eigenvalue weighted by Gasteiger charge is -2.33. The van der Waals surface area contributed by atoms with Gasteiger partial charge < -0.3 is 15.5 Å². The van der Waals surface area contributed by atoms with E-state index in [2.05, 4.69) is 15.7 Å². The highest BCUT2D eigenvalue weighted by atomic mass is 16.2. The largest absolute Gasteiger partial charge is 0.356 e. The highest BCUT2D eigenvalue weighted by Crippen LogP contribution is 2.20. The van der Waals surface area contributed by atoms with E-state index in [0.29, 0.717) is 19.1 Å². The van der Waals surface area contributed by atoms with Crippen LogP contribution in [0.3, 0.4) is 0 Å². The van der Waals surface area contributed by atoms with Crippen LogP contribution in [-0.4, -0.2) is 52.3 Å². The first-order valence-corrected chi connectivity index (χ1v) is 9.53. The predicted molar refractivity (Wildman–Crippen MR) is 94.9 cm³/mol. The Hall–Kier alpha value is -2.05. The molecule has 1 unspecified atom stereocenters. The van der Waals surface area contributed by atoms with Gasteiger partial charge in [0.2, 0.25) is 5.91 Å². The average molecular weight is 347 g/mol. The van der Waals surface area contributed by atoms with Gasteiger partial charge in [0.15, 0.2) is 0 Å². The van der Waals surface area contributed by atoms with Crippen molar-refractivity contribution in [1.29, 1.82) is 0 Å². The second-order valence-corrected chi connectivity index (χ2v) is 7.13. The fourth-order valence-corrected chi connectivity index (χ4v) is 3.74. The maximum atomic E-state index is 12.4. The number of rotatable bonds is 6. The maximum absolute atomic E-state index is 12.4. The molecule has 1 aliphatic carbocycles. The van der Waals surface area contributed by atoms with Gasteiger partial charge in [-0.1, -0.05) is 12.8 Å². The SMILES string of the molecule is O=C(NCCCn1cccn1)C1CCCN(C(=O)NC2CCCC2)C1. The minimum absolute atomic E-state index is 0.00285. The van der Waals surface area contributed by atoms with Gasteiger partial charge in [0.25, 0.3) is 0 Å². The Morgan fingerprint density at radius 1 is 1.16 bits per heavy atom. The number of nitrogens with one attached hydrogen (secondary N) is 2. The van der Waals surface area contributed by atoms with E-state index >= 15 is 0 Å². The third-order valence-electron chi connectivity index (χ3n) is 5.18. The molecule has 3 rings (SSSR count). The standard InChI is InChI=1S/C18H29N5O2/c24-17(19-9-4-12-23-13-5-10-20-23)15-6-3-11-22(14-15)18(25)21-16-7-1-2-8-16/h5,10,13,15-16H,1-4,6-9,11-12,14H2,(H,19,24)(H,21,25). The number of urea groups is 1. The van der Waals surface area contributed by atoms with Crippen LogP contribution in [0.5, 0.6) is 0 Å². The predicted octanol–water partition coefficient (Wildman–Crippen LogP) is 1.75. The van der Waals surface area contributed by atoms with E-state index < -0.39 is 0 Å². The molecule has 1 saturated carbocycles. The Morgan fingerprint density at radius 2 is 2.00 bits per heavy atom. The second kappa shape index (κ2) is 8.87. The van der Waals surface area contributed by atoms with Crippen LogP contribution in [0.4, 0.5) is 4.79 Å². The number of hydrogen-bond donors (Lipinski definition) is 2. The van der Waals surface area contributed by atoms with Crippen molar-refractivity contribution >= 4 is 11.9 Å². The first-order valence-electron chi connectivity index (χ1n) is 9.53. The van der Waals surface area contributed by atoms with E-state index in [1.165, 1.54) is 12.8 Å². The molecule has 0 aromatic carbocycles. The van der Waals surface area contributed by atoms with Crippen LogP contribution in [-0.2, 0) is 11.3 Å². The Labute approximate surface area is 149 Å². The van der Waals surface area contributed by atoms with Gasteiger partial charge in [-0.2, -0.15) is 5.10 Å². The molecule has 2 N–H and O–H groups in total. The molecule has 7 heteroatoms. The van der Waals surface area contributed by atoms with Gasteiger partial charge >= 0.3 is 6.03 Å². The van der Waals surface area contributed by atoms with Crippen LogP contribution in [0.25, 0.3) is 0 Å². The van der Waals surface area contributed by atoms with Crippen molar-refractivity contribution in [2.24, 2.45) is 5.92 Å². The van der Waals surface area contributed by atoms with Crippen LogP contribution >= 0.6 is 0 Å². The Bertz CT molecular complexity index is 554. The number of piperidine rings is 1. The van der Waals surface area contributed by atoms with Crippen molar-refractivity contribution in [2.45, 2.75) is 57.5 Å². The van der Waals surface area contributed by atoms with Crippen molar-refractivity contribution in [3.05, 3.63) is 18.5 Å². The summed E-state index contributed by atoms with van der Waals surface area (Å²) in [5.41, 5.74) is 0. The van der Waals surface area contributed by atoms with E-state index in [1.54, 1.807) is 6.20 Å². The van der Waals surface area contributed by atoms with Crippen LogP contribution < -0.4 is 10.6 Å². The van der Waals surface area contributed by atoms with E-state index in [9.17, 15) is 9.59 Å². The van der Waals surface area contributed by atoms with Gasteiger partial charge in [-0.25, -0.2) is 4.79 Å². The average Bonchev–Trinajstić information content (AvgIpc) is 3.32. The molecular formula is C18H29N5O2. The molecule has 1 aliphatic heterocycles. The summed E-state index contributed by atoms with van der Waals surface area (Å²) in [4.78, 5) is 26.6. The highest BCUT2D eigenvalue weighted by molar-refractivity contribution is 5.80.